The van der Waals surface area contributed by atoms with Crippen LogP contribution in [0.5, 0.6) is 0 Å². The lowest BCUT2D eigenvalue weighted by Crippen LogP contribution is -2.07. The third-order valence-corrected chi connectivity index (χ3v) is 3.41. The molecule has 5 heteroatoms. The lowest BCUT2D eigenvalue weighted by Gasteiger charge is -1.98. The predicted molar refractivity (Wildman–Crippen MR) is 71.0 cm³/mol. The Hall–Kier alpha value is -2.14. The lowest BCUT2D eigenvalue weighted by molar-refractivity contribution is -0.114. The minimum Gasteiger partial charge on any atom is -0.478 e. The molecule has 4 nitrogen and oxygen atoms in total. The Kier molecular flexibility index (Phi) is 3.43. The smallest absolute Gasteiger partial charge is 0.338 e. The molecule has 0 atom stereocenters. The van der Waals surface area contributed by atoms with Crippen molar-refractivity contribution in [1.29, 1.82) is 0 Å². The van der Waals surface area contributed by atoms with Gasteiger partial charge in [0.2, 0.25) is 5.91 Å². The van der Waals surface area contributed by atoms with E-state index in [0.29, 0.717) is 5.00 Å². The highest BCUT2D eigenvalue weighted by Crippen LogP contribution is 2.35. The second-order valence-corrected chi connectivity index (χ2v) is 4.76. The summed E-state index contributed by atoms with van der Waals surface area (Å²) in [6.45, 7) is 1.35. The van der Waals surface area contributed by atoms with E-state index in [1.807, 2.05) is 30.3 Å². The van der Waals surface area contributed by atoms with Crippen molar-refractivity contribution in [3.8, 4) is 10.4 Å². The molecule has 1 aromatic heterocycles. The molecule has 2 N–H and O–H groups in total. The maximum atomic E-state index is 11.1. The third-order valence-electron chi connectivity index (χ3n) is 2.31. The number of rotatable bonds is 3. The molecule has 2 rings (SSSR count). The average molecular weight is 261 g/mol. The lowest BCUT2D eigenvalue weighted by atomic mass is 10.1. The van der Waals surface area contributed by atoms with Crippen molar-refractivity contribution in [1.82, 2.24) is 0 Å². The minimum atomic E-state index is -1.04. The highest BCUT2D eigenvalue weighted by atomic mass is 32.1. The molecule has 2 aromatic rings. The first-order chi connectivity index (χ1) is 8.58. The topological polar surface area (TPSA) is 66.4 Å². The molecule has 0 aliphatic heterocycles. The molecule has 0 spiro atoms. The summed E-state index contributed by atoms with van der Waals surface area (Å²) in [7, 11) is 0. The Labute approximate surface area is 108 Å². The van der Waals surface area contributed by atoms with E-state index in [2.05, 4.69) is 5.32 Å². The summed E-state index contributed by atoms with van der Waals surface area (Å²) in [6, 6.07) is 11.0. The summed E-state index contributed by atoms with van der Waals surface area (Å²) in [4.78, 5) is 23.0. The van der Waals surface area contributed by atoms with Crippen LogP contribution in [0.3, 0.4) is 0 Å². The number of benzene rings is 1. The molecule has 0 saturated heterocycles. The summed E-state index contributed by atoms with van der Waals surface area (Å²) in [6.07, 6.45) is 0. The average Bonchev–Trinajstić information content (AvgIpc) is 2.73. The molecular weight excluding hydrogens is 250 g/mol. The number of carboxylic acid groups (broad SMARTS) is 1. The van der Waals surface area contributed by atoms with E-state index in [1.165, 1.54) is 18.3 Å². The molecule has 0 aliphatic carbocycles. The molecule has 0 unspecified atom stereocenters. The second-order valence-electron chi connectivity index (χ2n) is 3.71. The quantitative estimate of drug-likeness (QED) is 0.892. The van der Waals surface area contributed by atoms with Crippen molar-refractivity contribution in [3.05, 3.63) is 42.0 Å². The summed E-state index contributed by atoms with van der Waals surface area (Å²) in [5, 5.41) is 12.0. The van der Waals surface area contributed by atoms with Gasteiger partial charge in [-0.3, -0.25) is 4.79 Å². The number of carbonyl (C=O) groups is 2. The standard InChI is InChI=1S/C13H11NO3S/c1-8(15)14-12-10(13(16)17)7-11(18-12)9-5-3-2-4-6-9/h2-7H,1H3,(H,14,15)(H,16,17). The highest BCUT2D eigenvalue weighted by Gasteiger charge is 2.16. The monoisotopic (exact) mass is 261 g/mol. The zero-order chi connectivity index (χ0) is 13.1. The molecule has 1 amide bonds. The van der Waals surface area contributed by atoms with Gasteiger partial charge in [0, 0.05) is 11.8 Å². The van der Waals surface area contributed by atoms with Crippen LogP contribution in [0.15, 0.2) is 36.4 Å². The van der Waals surface area contributed by atoms with Crippen molar-refractivity contribution in [2.45, 2.75) is 6.92 Å². The number of carbonyl (C=O) groups excluding carboxylic acids is 1. The maximum absolute atomic E-state index is 11.1. The van der Waals surface area contributed by atoms with E-state index in [1.54, 1.807) is 6.07 Å². The Morgan fingerprint density at radius 3 is 2.44 bits per heavy atom. The van der Waals surface area contributed by atoms with Crippen LogP contribution in [0, 0.1) is 0 Å². The van der Waals surface area contributed by atoms with Crippen molar-refractivity contribution in [2.24, 2.45) is 0 Å². The minimum absolute atomic E-state index is 0.119. The van der Waals surface area contributed by atoms with E-state index >= 15 is 0 Å². The van der Waals surface area contributed by atoms with Gasteiger partial charge in [-0.05, 0) is 11.6 Å². The molecule has 0 fully saturated rings. The molecule has 1 aromatic carbocycles. The first-order valence-electron chi connectivity index (χ1n) is 5.28. The fraction of sp³-hybridized carbons (Fsp3) is 0.0769. The van der Waals surface area contributed by atoms with Crippen LogP contribution < -0.4 is 5.32 Å². The maximum Gasteiger partial charge on any atom is 0.338 e. The van der Waals surface area contributed by atoms with Crippen LogP contribution in [0.25, 0.3) is 10.4 Å². The van der Waals surface area contributed by atoms with Gasteiger partial charge in [0.1, 0.15) is 5.00 Å². The molecule has 92 valence electrons. The summed E-state index contributed by atoms with van der Waals surface area (Å²) in [5.41, 5.74) is 1.05. The van der Waals surface area contributed by atoms with Gasteiger partial charge in [-0.15, -0.1) is 11.3 Å². The number of hydrogen-bond acceptors (Lipinski definition) is 3. The first-order valence-corrected chi connectivity index (χ1v) is 6.09. The zero-order valence-electron chi connectivity index (χ0n) is 9.64. The fourth-order valence-corrected chi connectivity index (χ4v) is 2.65. The van der Waals surface area contributed by atoms with Crippen molar-refractivity contribution in [3.63, 3.8) is 0 Å². The molecule has 0 saturated carbocycles. The molecule has 18 heavy (non-hydrogen) atoms. The van der Waals surface area contributed by atoms with Crippen LogP contribution >= 0.6 is 11.3 Å². The summed E-state index contributed by atoms with van der Waals surface area (Å²) >= 11 is 1.26. The highest BCUT2D eigenvalue weighted by molar-refractivity contribution is 7.20. The number of carboxylic acids is 1. The van der Waals surface area contributed by atoms with Crippen molar-refractivity contribution >= 4 is 28.2 Å². The van der Waals surface area contributed by atoms with Gasteiger partial charge in [-0.25, -0.2) is 4.79 Å². The number of amides is 1. The molecule has 0 radical (unpaired) electrons. The van der Waals surface area contributed by atoms with Crippen LogP contribution in [0.4, 0.5) is 5.00 Å². The van der Waals surface area contributed by atoms with Gasteiger partial charge in [-0.2, -0.15) is 0 Å². The molecule has 0 aliphatic rings. The van der Waals surface area contributed by atoms with E-state index in [9.17, 15) is 9.59 Å². The van der Waals surface area contributed by atoms with Crippen molar-refractivity contribution in [2.75, 3.05) is 5.32 Å². The van der Waals surface area contributed by atoms with Gasteiger partial charge < -0.3 is 10.4 Å². The van der Waals surface area contributed by atoms with E-state index < -0.39 is 5.97 Å². The Morgan fingerprint density at radius 1 is 1.22 bits per heavy atom. The number of thiophene rings is 1. The van der Waals surface area contributed by atoms with E-state index in [4.69, 9.17) is 5.11 Å². The van der Waals surface area contributed by atoms with Crippen LogP contribution in [0.1, 0.15) is 17.3 Å². The Balaban J connectivity index is 2.45. The van der Waals surface area contributed by atoms with Crippen LogP contribution in [-0.2, 0) is 4.79 Å². The second kappa shape index (κ2) is 5.01. The van der Waals surface area contributed by atoms with Gasteiger partial charge in [0.05, 0.1) is 5.56 Å². The fourth-order valence-electron chi connectivity index (χ4n) is 1.55. The Bertz CT molecular complexity index is 590. The van der Waals surface area contributed by atoms with Gasteiger partial charge in [0.25, 0.3) is 0 Å². The summed E-state index contributed by atoms with van der Waals surface area (Å²) in [5.74, 6) is -1.32. The third kappa shape index (κ3) is 2.57. The van der Waals surface area contributed by atoms with Gasteiger partial charge >= 0.3 is 5.97 Å². The largest absolute Gasteiger partial charge is 0.478 e. The normalized spacial score (nSPS) is 10.1. The van der Waals surface area contributed by atoms with E-state index in [-0.39, 0.29) is 11.5 Å². The van der Waals surface area contributed by atoms with Crippen molar-refractivity contribution < 1.29 is 14.7 Å². The number of nitrogens with one attached hydrogen (secondary N) is 1. The number of hydrogen-bond donors (Lipinski definition) is 2. The van der Waals surface area contributed by atoms with Crippen LogP contribution in [0.2, 0.25) is 0 Å². The number of anilines is 1. The number of aromatic carboxylic acids is 1. The van der Waals surface area contributed by atoms with Crippen LogP contribution in [-0.4, -0.2) is 17.0 Å². The zero-order valence-corrected chi connectivity index (χ0v) is 10.5. The molecule has 0 bridgehead atoms. The van der Waals surface area contributed by atoms with Gasteiger partial charge in [0.15, 0.2) is 0 Å². The predicted octanol–water partition coefficient (Wildman–Crippen LogP) is 3.07. The van der Waals surface area contributed by atoms with E-state index in [0.717, 1.165) is 10.4 Å². The molecule has 1 heterocycles. The Morgan fingerprint density at radius 2 is 1.89 bits per heavy atom. The SMILES string of the molecule is CC(=O)Nc1sc(-c2ccccc2)cc1C(=O)O. The molecular formula is C13H11NO3S. The van der Waals surface area contributed by atoms with Gasteiger partial charge in [-0.1, -0.05) is 30.3 Å². The first kappa shape index (κ1) is 12.3. The summed E-state index contributed by atoms with van der Waals surface area (Å²) < 4.78 is 0.